The SMILES string of the molecule is N#Cc1c(NC(=O)CCc2ccccn2)sc2c1CCN(C(=O)OCCc1cccnc1)C2. The Morgan fingerprint density at radius 2 is 2.12 bits per heavy atom. The number of carbonyl (C=O) groups excluding carboxylic acids is 2. The lowest BCUT2D eigenvalue weighted by Gasteiger charge is -2.26. The van der Waals surface area contributed by atoms with Crippen molar-refractivity contribution in [2.24, 2.45) is 0 Å². The first-order valence-corrected chi connectivity index (χ1v) is 11.5. The Balaban J connectivity index is 1.33. The minimum absolute atomic E-state index is 0.164. The van der Waals surface area contributed by atoms with Crippen LogP contribution in [0.2, 0.25) is 0 Å². The zero-order valence-electron chi connectivity index (χ0n) is 18.0. The van der Waals surface area contributed by atoms with Crippen LogP contribution in [0.1, 0.15) is 33.7 Å². The third-order valence-electron chi connectivity index (χ3n) is 5.35. The van der Waals surface area contributed by atoms with Crippen LogP contribution in [0.15, 0.2) is 48.9 Å². The van der Waals surface area contributed by atoms with E-state index in [1.807, 2.05) is 30.3 Å². The Kier molecular flexibility index (Phi) is 7.27. The van der Waals surface area contributed by atoms with Gasteiger partial charge in [-0.25, -0.2) is 4.79 Å². The average Bonchev–Trinajstić information content (AvgIpc) is 3.20. The number of thiophene rings is 1. The molecule has 168 valence electrons. The molecule has 0 atom stereocenters. The maximum absolute atomic E-state index is 12.5. The van der Waals surface area contributed by atoms with Crippen LogP contribution in [0.3, 0.4) is 0 Å². The number of aromatic nitrogens is 2. The standard InChI is InChI=1S/C24H23N5O3S/c25-14-20-19-8-12-29(24(31)32-13-9-17-4-3-10-26-15-17)16-21(19)33-23(20)28-22(30)7-6-18-5-1-2-11-27-18/h1-5,10-11,15H,6-9,12-13,16H2,(H,28,30). The molecule has 1 aliphatic heterocycles. The number of carbonyl (C=O) groups is 2. The van der Waals surface area contributed by atoms with Crippen molar-refractivity contribution in [3.8, 4) is 6.07 Å². The van der Waals surface area contributed by atoms with Gasteiger partial charge >= 0.3 is 6.09 Å². The summed E-state index contributed by atoms with van der Waals surface area (Å²) >= 11 is 1.35. The lowest BCUT2D eigenvalue weighted by Crippen LogP contribution is -2.36. The number of hydrogen-bond acceptors (Lipinski definition) is 7. The highest BCUT2D eigenvalue weighted by Crippen LogP contribution is 2.36. The molecule has 1 N–H and O–H groups in total. The van der Waals surface area contributed by atoms with E-state index in [4.69, 9.17) is 4.74 Å². The number of nitrogens with one attached hydrogen (secondary N) is 1. The van der Waals surface area contributed by atoms with E-state index in [9.17, 15) is 14.9 Å². The highest BCUT2D eigenvalue weighted by molar-refractivity contribution is 7.16. The molecule has 0 spiro atoms. The second-order valence-electron chi connectivity index (χ2n) is 7.59. The van der Waals surface area contributed by atoms with Gasteiger partial charge in [0, 0.05) is 48.5 Å². The minimum atomic E-state index is -0.377. The molecule has 0 aliphatic carbocycles. The summed E-state index contributed by atoms with van der Waals surface area (Å²) in [6, 6.07) is 11.6. The molecule has 0 fully saturated rings. The van der Waals surface area contributed by atoms with Crippen molar-refractivity contribution in [2.75, 3.05) is 18.5 Å². The molecule has 1 aliphatic rings. The number of fused-ring (bicyclic) bond motifs is 1. The summed E-state index contributed by atoms with van der Waals surface area (Å²) in [7, 11) is 0. The second-order valence-corrected chi connectivity index (χ2v) is 8.69. The number of pyridine rings is 2. The van der Waals surface area contributed by atoms with Gasteiger partial charge in [-0.05, 0) is 42.2 Å². The van der Waals surface area contributed by atoms with Crippen molar-refractivity contribution in [2.45, 2.75) is 32.2 Å². The van der Waals surface area contributed by atoms with Crippen LogP contribution in [0.25, 0.3) is 0 Å². The Morgan fingerprint density at radius 1 is 1.21 bits per heavy atom. The number of anilines is 1. The van der Waals surface area contributed by atoms with Gasteiger partial charge in [0.2, 0.25) is 5.91 Å². The van der Waals surface area contributed by atoms with E-state index >= 15 is 0 Å². The van der Waals surface area contributed by atoms with E-state index in [1.165, 1.54) is 11.3 Å². The Labute approximate surface area is 195 Å². The fourth-order valence-electron chi connectivity index (χ4n) is 3.64. The fraction of sp³-hybridized carbons (Fsp3) is 0.292. The molecule has 4 rings (SSSR count). The normalized spacial score (nSPS) is 12.5. The molecule has 4 heterocycles. The zero-order valence-corrected chi connectivity index (χ0v) is 18.8. The van der Waals surface area contributed by atoms with Gasteiger partial charge < -0.3 is 15.0 Å². The van der Waals surface area contributed by atoms with Crippen molar-refractivity contribution < 1.29 is 14.3 Å². The Bertz CT molecular complexity index is 1160. The maximum atomic E-state index is 12.5. The molecule has 0 unspecified atom stereocenters. The van der Waals surface area contributed by atoms with Crippen molar-refractivity contribution in [1.82, 2.24) is 14.9 Å². The number of nitriles is 1. The molecule has 8 nitrogen and oxygen atoms in total. The van der Waals surface area contributed by atoms with Crippen molar-refractivity contribution in [3.63, 3.8) is 0 Å². The molecule has 3 aromatic heterocycles. The predicted molar refractivity (Wildman–Crippen MR) is 124 cm³/mol. The zero-order chi connectivity index (χ0) is 23.0. The van der Waals surface area contributed by atoms with Crippen LogP contribution < -0.4 is 5.32 Å². The maximum Gasteiger partial charge on any atom is 0.410 e. The third-order valence-corrected chi connectivity index (χ3v) is 6.49. The van der Waals surface area contributed by atoms with Crippen LogP contribution in [0.4, 0.5) is 9.80 Å². The number of aryl methyl sites for hydroxylation is 1. The van der Waals surface area contributed by atoms with Gasteiger partial charge in [-0.15, -0.1) is 11.3 Å². The van der Waals surface area contributed by atoms with E-state index in [0.717, 1.165) is 21.7 Å². The quantitative estimate of drug-likeness (QED) is 0.575. The van der Waals surface area contributed by atoms with Crippen molar-refractivity contribution in [1.29, 1.82) is 5.26 Å². The third kappa shape index (κ3) is 5.73. The number of ether oxygens (including phenoxy) is 1. The summed E-state index contributed by atoms with van der Waals surface area (Å²) in [4.78, 5) is 35.8. The largest absolute Gasteiger partial charge is 0.449 e. The molecular weight excluding hydrogens is 438 g/mol. The van der Waals surface area contributed by atoms with E-state index in [2.05, 4.69) is 21.4 Å². The molecule has 0 saturated heterocycles. The summed E-state index contributed by atoms with van der Waals surface area (Å²) in [6.45, 7) is 1.11. The summed E-state index contributed by atoms with van der Waals surface area (Å²) in [5, 5.41) is 13.1. The van der Waals surface area contributed by atoms with Gasteiger partial charge in [-0.3, -0.25) is 14.8 Å². The van der Waals surface area contributed by atoms with E-state index in [0.29, 0.717) is 42.9 Å². The molecule has 3 aromatic rings. The minimum Gasteiger partial charge on any atom is -0.449 e. The lowest BCUT2D eigenvalue weighted by atomic mass is 10.0. The molecule has 33 heavy (non-hydrogen) atoms. The van der Waals surface area contributed by atoms with Gasteiger partial charge in [0.25, 0.3) is 0 Å². The first-order valence-electron chi connectivity index (χ1n) is 10.7. The number of nitrogens with zero attached hydrogens (tertiary/aromatic N) is 4. The average molecular weight is 462 g/mol. The molecule has 0 radical (unpaired) electrons. The summed E-state index contributed by atoms with van der Waals surface area (Å²) in [5.41, 5.74) is 3.25. The highest BCUT2D eigenvalue weighted by atomic mass is 32.1. The van der Waals surface area contributed by atoms with E-state index in [1.54, 1.807) is 23.5 Å². The molecule has 0 aromatic carbocycles. The smallest absolute Gasteiger partial charge is 0.410 e. The Morgan fingerprint density at radius 3 is 2.88 bits per heavy atom. The van der Waals surface area contributed by atoms with Gasteiger partial charge in [-0.1, -0.05) is 12.1 Å². The topological polar surface area (TPSA) is 108 Å². The van der Waals surface area contributed by atoms with Crippen LogP contribution in [0.5, 0.6) is 0 Å². The highest BCUT2D eigenvalue weighted by Gasteiger charge is 2.28. The van der Waals surface area contributed by atoms with Crippen LogP contribution in [0, 0.1) is 11.3 Å². The number of rotatable bonds is 7. The van der Waals surface area contributed by atoms with Gasteiger partial charge in [-0.2, -0.15) is 5.26 Å². The lowest BCUT2D eigenvalue weighted by molar-refractivity contribution is -0.116. The van der Waals surface area contributed by atoms with Crippen molar-refractivity contribution >= 4 is 28.3 Å². The first-order chi connectivity index (χ1) is 16.1. The first kappa shape index (κ1) is 22.4. The molecule has 2 amide bonds. The Hall–Kier alpha value is -3.77. The predicted octanol–water partition coefficient (Wildman–Crippen LogP) is 3.72. The monoisotopic (exact) mass is 461 g/mol. The van der Waals surface area contributed by atoms with Gasteiger partial charge in [0.15, 0.2) is 0 Å². The van der Waals surface area contributed by atoms with Gasteiger partial charge in [0.05, 0.1) is 18.7 Å². The van der Waals surface area contributed by atoms with E-state index in [-0.39, 0.29) is 25.0 Å². The second kappa shape index (κ2) is 10.7. The van der Waals surface area contributed by atoms with Crippen LogP contribution >= 0.6 is 11.3 Å². The van der Waals surface area contributed by atoms with E-state index < -0.39 is 0 Å². The number of amides is 2. The summed E-state index contributed by atoms with van der Waals surface area (Å²) in [5.74, 6) is -0.164. The number of hydrogen-bond donors (Lipinski definition) is 1. The van der Waals surface area contributed by atoms with Crippen LogP contribution in [-0.4, -0.2) is 40.0 Å². The summed E-state index contributed by atoms with van der Waals surface area (Å²) < 4.78 is 5.43. The van der Waals surface area contributed by atoms with Crippen LogP contribution in [-0.2, 0) is 35.3 Å². The summed E-state index contributed by atoms with van der Waals surface area (Å²) in [6.07, 6.45) is 6.73. The molecule has 0 saturated carbocycles. The molecular formula is C24H23N5O3S. The molecule has 0 bridgehead atoms. The van der Waals surface area contributed by atoms with Crippen molar-refractivity contribution in [3.05, 3.63) is 76.2 Å². The van der Waals surface area contributed by atoms with Gasteiger partial charge in [0.1, 0.15) is 11.1 Å². The fourth-order valence-corrected chi connectivity index (χ4v) is 4.87. The molecule has 9 heteroatoms.